The summed E-state index contributed by atoms with van der Waals surface area (Å²) in [6, 6.07) is 7.09. The second kappa shape index (κ2) is 5.31. The fourth-order valence-corrected chi connectivity index (χ4v) is 2.64. The molecule has 1 aliphatic heterocycles. The maximum Gasteiger partial charge on any atom is 0.122 e. The Labute approximate surface area is 111 Å². The van der Waals surface area contributed by atoms with Crippen LogP contribution in [0, 0.1) is 5.41 Å². The molecule has 0 saturated heterocycles. The van der Waals surface area contributed by atoms with E-state index in [-0.39, 0.29) is 5.41 Å². The van der Waals surface area contributed by atoms with Gasteiger partial charge in [-0.15, -0.1) is 0 Å². The van der Waals surface area contributed by atoms with Crippen molar-refractivity contribution in [2.45, 2.75) is 46.6 Å². The lowest BCUT2D eigenvalue weighted by Gasteiger charge is -2.34. The van der Waals surface area contributed by atoms with Crippen molar-refractivity contribution in [3.05, 3.63) is 29.3 Å². The molecular formula is C16H25NO. The van der Waals surface area contributed by atoms with Crippen molar-refractivity contribution in [2.24, 2.45) is 5.41 Å². The molecule has 0 bridgehead atoms. The van der Waals surface area contributed by atoms with Gasteiger partial charge in [0.2, 0.25) is 0 Å². The van der Waals surface area contributed by atoms with Crippen LogP contribution in [-0.4, -0.2) is 13.2 Å². The SMILES string of the molecule is CCNC(c1ccc2c(c1)CCO2)C(C)(C)CC. The van der Waals surface area contributed by atoms with Crippen LogP contribution in [0.2, 0.25) is 0 Å². The van der Waals surface area contributed by atoms with Crippen LogP contribution in [0.4, 0.5) is 0 Å². The number of benzene rings is 1. The number of hydrogen-bond acceptors (Lipinski definition) is 2. The smallest absolute Gasteiger partial charge is 0.122 e. The molecule has 0 radical (unpaired) electrons. The van der Waals surface area contributed by atoms with Crippen molar-refractivity contribution < 1.29 is 4.74 Å². The van der Waals surface area contributed by atoms with Crippen LogP contribution in [0.25, 0.3) is 0 Å². The summed E-state index contributed by atoms with van der Waals surface area (Å²) in [5, 5.41) is 3.64. The first-order chi connectivity index (χ1) is 8.58. The first-order valence-electron chi connectivity index (χ1n) is 7.07. The first kappa shape index (κ1) is 13.4. The molecule has 2 nitrogen and oxygen atoms in total. The minimum absolute atomic E-state index is 0.268. The molecule has 0 aliphatic carbocycles. The summed E-state index contributed by atoms with van der Waals surface area (Å²) in [4.78, 5) is 0. The van der Waals surface area contributed by atoms with Crippen molar-refractivity contribution in [3.8, 4) is 5.75 Å². The Kier molecular flexibility index (Phi) is 3.96. The Morgan fingerprint density at radius 2 is 2.11 bits per heavy atom. The lowest BCUT2D eigenvalue weighted by molar-refractivity contribution is 0.237. The van der Waals surface area contributed by atoms with E-state index < -0.39 is 0 Å². The third-order valence-electron chi connectivity index (χ3n) is 4.15. The van der Waals surface area contributed by atoms with Crippen LogP contribution < -0.4 is 10.1 Å². The molecule has 0 fully saturated rings. The largest absolute Gasteiger partial charge is 0.493 e. The fraction of sp³-hybridized carbons (Fsp3) is 0.625. The second-order valence-electron chi connectivity index (χ2n) is 5.80. The lowest BCUT2D eigenvalue weighted by Crippen LogP contribution is -2.33. The molecular weight excluding hydrogens is 222 g/mol. The molecule has 18 heavy (non-hydrogen) atoms. The van der Waals surface area contributed by atoms with Crippen molar-refractivity contribution in [1.82, 2.24) is 5.32 Å². The van der Waals surface area contributed by atoms with E-state index in [4.69, 9.17) is 4.74 Å². The van der Waals surface area contributed by atoms with Gasteiger partial charge in [0.25, 0.3) is 0 Å². The van der Waals surface area contributed by atoms with Crippen LogP contribution in [-0.2, 0) is 6.42 Å². The summed E-state index contributed by atoms with van der Waals surface area (Å²) in [5.74, 6) is 1.07. The Morgan fingerprint density at radius 1 is 1.33 bits per heavy atom. The van der Waals surface area contributed by atoms with Crippen molar-refractivity contribution in [1.29, 1.82) is 0 Å². The Hall–Kier alpha value is -1.02. The third-order valence-corrected chi connectivity index (χ3v) is 4.15. The van der Waals surface area contributed by atoms with Gasteiger partial charge in [-0.1, -0.05) is 39.8 Å². The van der Waals surface area contributed by atoms with E-state index in [2.05, 4.69) is 51.2 Å². The van der Waals surface area contributed by atoms with Gasteiger partial charge in [-0.2, -0.15) is 0 Å². The van der Waals surface area contributed by atoms with Crippen LogP contribution in [0.15, 0.2) is 18.2 Å². The summed E-state index contributed by atoms with van der Waals surface area (Å²) in [5.41, 5.74) is 3.03. The van der Waals surface area contributed by atoms with E-state index in [1.807, 2.05) is 0 Å². The van der Waals surface area contributed by atoms with Gasteiger partial charge >= 0.3 is 0 Å². The summed E-state index contributed by atoms with van der Waals surface area (Å²) in [7, 11) is 0. The highest BCUT2D eigenvalue weighted by atomic mass is 16.5. The Bertz CT molecular complexity index is 412. The molecule has 1 atom stereocenters. The predicted octanol–water partition coefficient (Wildman–Crippen LogP) is 3.71. The molecule has 100 valence electrons. The zero-order valence-electron chi connectivity index (χ0n) is 12.0. The Balaban J connectivity index is 2.31. The summed E-state index contributed by atoms with van der Waals surface area (Å²) < 4.78 is 5.58. The van der Waals surface area contributed by atoms with Gasteiger partial charge in [-0.3, -0.25) is 0 Å². The highest BCUT2D eigenvalue weighted by Gasteiger charge is 2.29. The van der Waals surface area contributed by atoms with E-state index in [0.717, 1.165) is 31.7 Å². The van der Waals surface area contributed by atoms with Crippen molar-refractivity contribution in [2.75, 3.05) is 13.2 Å². The molecule has 2 rings (SSSR count). The zero-order chi connectivity index (χ0) is 13.2. The summed E-state index contributed by atoms with van der Waals surface area (Å²) >= 11 is 0. The van der Waals surface area contributed by atoms with Gasteiger partial charge in [0.05, 0.1) is 6.61 Å². The number of fused-ring (bicyclic) bond motifs is 1. The van der Waals surface area contributed by atoms with Gasteiger partial charge in [-0.05, 0) is 35.6 Å². The molecule has 1 aliphatic rings. The number of ether oxygens (including phenoxy) is 1. The monoisotopic (exact) mass is 247 g/mol. The highest BCUT2D eigenvalue weighted by Crippen LogP contribution is 2.38. The molecule has 0 saturated carbocycles. The molecule has 1 aromatic rings. The normalized spacial score (nSPS) is 16.2. The van der Waals surface area contributed by atoms with Gasteiger partial charge in [0, 0.05) is 12.5 Å². The molecule has 1 unspecified atom stereocenters. The number of hydrogen-bond donors (Lipinski definition) is 1. The quantitative estimate of drug-likeness (QED) is 0.856. The van der Waals surface area contributed by atoms with Crippen LogP contribution in [0.3, 0.4) is 0 Å². The van der Waals surface area contributed by atoms with Gasteiger partial charge in [0.1, 0.15) is 5.75 Å². The van der Waals surface area contributed by atoms with Crippen molar-refractivity contribution in [3.63, 3.8) is 0 Å². The Morgan fingerprint density at radius 3 is 2.78 bits per heavy atom. The highest BCUT2D eigenvalue weighted by molar-refractivity contribution is 5.41. The van der Waals surface area contributed by atoms with Crippen LogP contribution >= 0.6 is 0 Å². The van der Waals surface area contributed by atoms with Crippen molar-refractivity contribution >= 4 is 0 Å². The number of nitrogens with one attached hydrogen (secondary N) is 1. The minimum Gasteiger partial charge on any atom is -0.493 e. The second-order valence-corrected chi connectivity index (χ2v) is 5.80. The topological polar surface area (TPSA) is 21.3 Å². The zero-order valence-corrected chi connectivity index (χ0v) is 12.0. The molecule has 2 heteroatoms. The van der Waals surface area contributed by atoms with E-state index >= 15 is 0 Å². The molecule has 1 N–H and O–H groups in total. The first-order valence-corrected chi connectivity index (χ1v) is 7.07. The van der Waals surface area contributed by atoms with E-state index in [0.29, 0.717) is 6.04 Å². The van der Waals surface area contributed by atoms with Gasteiger partial charge in [-0.25, -0.2) is 0 Å². The average Bonchev–Trinajstić information content (AvgIpc) is 2.82. The average molecular weight is 247 g/mol. The molecule has 1 heterocycles. The van der Waals surface area contributed by atoms with Crippen LogP contribution in [0.1, 0.15) is 51.3 Å². The molecule has 0 aromatic heterocycles. The summed E-state index contributed by atoms with van der Waals surface area (Å²) in [6.07, 6.45) is 2.22. The fourth-order valence-electron chi connectivity index (χ4n) is 2.64. The molecule has 0 amide bonds. The minimum atomic E-state index is 0.268. The molecule has 1 aromatic carbocycles. The predicted molar refractivity (Wildman–Crippen MR) is 76.1 cm³/mol. The van der Waals surface area contributed by atoms with Gasteiger partial charge in [0.15, 0.2) is 0 Å². The molecule has 0 spiro atoms. The van der Waals surface area contributed by atoms with Crippen LogP contribution in [0.5, 0.6) is 5.75 Å². The standard InChI is InChI=1S/C16H25NO/c1-5-16(3,4)15(17-6-2)13-7-8-14-12(11-13)9-10-18-14/h7-8,11,15,17H,5-6,9-10H2,1-4H3. The number of rotatable bonds is 5. The lowest BCUT2D eigenvalue weighted by atomic mass is 9.78. The maximum atomic E-state index is 5.58. The van der Waals surface area contributed by atoms with E-state index in [1.165, 1.54) is 11.1 Å². The van der Waals surface area contributed by atoms with E-state index in [9.17, 15) is 0 Å². The summed E-state index contributed by atoms with van der Waals surface area (Å²) in [6.45, 7) is 11.0. The van der Waals surface area contributed by atoms with Gasteiger partial charge < -0.3 is 10.1 Å². The van der Waals surface area contributed by atoms with E-state index in [1.54, 1.807) is 0 Å². The third kappa shape index (κ3) is 2.54. The maximum absolute atomic E-state index is 5.58.